The Morgan fingerprint density at radius 1 is 1.11 bits per heavy atom. The lowest BCUT2D eigenvalue weighted by Crippen LogP contribution is -2.50. The van der Waals surface area contributed by atoms with Crippen LogP contribution in [0.15, 0.2) is 29.4 Å². The van der Waals surface area contributed by atoms with Crippen LogP contribution in [-0.4, -0.2) is 59.5 Å². The van der Waals surface area contributed by atoms with Gasteiger partial charge in [0.2, 0.25) is 5.91 Å². The molecule has 1 aromatic rings. The zero-order valence-electron chi connectivity index (χ0n) is 15.0. The van der Waals surface area contributed by atoms with Crippen LogP contribution in [0, 0.1) is 5.82 Å². The number of rotatable bonds is 3. The van der Waals surface area contributed by atoms with E-state index in [2.05, 4.69) is 5.10 Å². The minimum Gasteiger partial charge on any atom is -0.347 e. The Bertz CT molecular complexity index is 749. The first-order valence-electron chi connectivity index (χ1n) is 9.24. The largest absolute Gasteiger partial charge is 0.347 e. The number of nitrogens with zero attached hydrogens (tertiary/aromatic N) is 3. The third-order valence-electron chi connectivity index (χ3n) is 5.22. The maximum Gasteiger partial charge on any atom is 0.270 e. The number of hydrazone groups is 1. The Morgan fingerprint density at radius 2 is 1.78 bits per heavy atom. The molecule has 0 saturated carbocycles. The van der Waals surface area contributed by atoms with Crippen LogP contribution in [0.4, 0.5) is 4.39 Å². The average molecular weight is 375 g/mol. The molecule has 1 spiro atoms. The molecule has 0 aromatic heterocycles. The maximum atomic E-state index is 13.0. The van der Waals surface area contributed by atoms with Gasteiger partial charge < -0.3 is 14.4 Å². The fraction of sp³-hybridized carbons (Fsp3) is 0.526. The second kappa shape index (κ2) is 7.36. The average Bonchev–Trinajstić information content (AvgIpc) is 3.13. The molecule has 4 rings (SSSR count). The number of hydrogen-bond donors (Lipinski definition) is 0. The highest BCUT2D eigenvalue weighted by molar-refractivity contribution is 6.39. The molecule has 0 aliphatic carbocycles. The molecule has 7 nitrogen and oxygen atoms in total. The fourth-order valence-electron chi connectivity index (χ4n) is 3.66. The summed E-state index contributed by atoms with van der Waals surface area (Å²) in [5, 5.41) is 5.60. The Hall–Kier alpha value is -2.32. The molecular formula is C19H22FN3O4. The Kier molecular flexibility index (Phi) is 4.92. The lowest BCUT2D eigenvalue weighted by molar-refractivity contribution is -0.186. The van der Waals surface area contributed by atoms with E-state index in [9.17, 15) is 14.0 Å². The standard InChI is InChI=1S/C19H22FN3O4/c20-15-3-1-14(2-4-15)13-23-17(24)6-5-16(21-23)18(25)22-9-7-19(8-10-22)26-11-12-27-19/h1-4H,5-13H2. The summed E-state index contributed by atoms with van der Waals surface area (Å²) in [6, 6.07) is 5.91. The number of ether oxygens (including phenoxy) is 2. The van der Waals surface area contributed by atoms with Crippen molar-refractivity contribution in [3.63, 3.8) is 0 Å². The van der Waals surface area contributed by atoms with Gasteiger partial charge in [-0.15, -0.1) is 0 Å². The molecule has 3 heterocycles. The molecule has 0 atom stereocenters. The molecule has 3 aliphatic heterocycles. The van der Waals surface area contributed by atoms with Gasteiger partial charge in [-0.05, 0) is 17.7 Å². The summed E-state index contributed by atoms with van der Waals surface area (Å²) in [7, 11) is 0. The van der Waals surface area contributed by atoms with Crippen molar-refractivity contribution in [3.8, 4) is 0 Å². The van der Waals surface area contributed by atoms with Crippen LogP contribution in [0.25, 0.3) is 0 Å². The molecule has 2 amide bonds. The molecule has 3 aliphatic rings. The zero-order chi connectivity index (χ0) is 18.9. The van der Waals surface area contributed by atoms with Gasteiger partial charge in [-0.25, -0.2) is 9.40 Å². The van der Waals surface area contributed by atoms with Crippen molar-refractivity contribution < 1.29 is 23.5 Å². The number of hydrogen-bond acceptors (Lipinski definition) is 5. The topological polar surface area (TPSA) is 71.4 Å². The van der Waals surface area contributed by atoms with Gasteiger partial charge in [0, 0.05) is 38.8 Å². The normalized spacial score (nSPS) is 22.3. The van der Waals surface area contributed by atoms with Crippen LogP contribution < -0.4 is 0 Å². The van der Waals surface area contributed by atoms with Gasteiger partial charge >= 0.3 is 0 Å². The molecule has 1 aromatic carbocycles. The van der Waals surface area contributed by atoms with E-state index in [4.69, 9.17) is 9.47 Å². The van der Waals surface area contributed by atoms with E-state index in [0.29, 0.717) is 51.3 Å². The molecule has 0 N–H and O–H groups in total. The van der Waals surface area contributed by atoms with Crippen LogP contribution in [0.3, 0.4) is 0 Å². The van der Waals surface area contributed by atoms with Crippen molar-refractivity contribution in [2.75, 3.05) is 26.3 Å². The van der Waals surface area contributed by atoms with Gasteiger partial charge in [0.15, 0.2) is 5.79 Å². The van der Waals surface area contributed by atoms with E-state index in [1.807, 2.05) is 0 Å². The highest BCUT2D eigenvalue weighted by atomic mass is 19.1. The van der Waals surface area contributed by atoms with Gasteiger partial charge in [-0.3, -0.25) is 9.59 Å². The van der Waals surface area contributed by atoms with Crippen molar-refractivity contribution in [1.82, 2.24) is 9.91 Å². The van der Waals surface area contributed by atoms with Crippen molar-refractivity contribution in [1.29, 1.82) is 0 Å². The summed E-state index contributed by atoms with van der Waals surface area (Å²) >= 11 is 0. The van der Waals surface area contributed by atoms with Crippen LogP contribution in [-0.2, 0) is 25.6 Å². The minimum absolute atomic E-state index is 0.138. The quantitative estimate of drug-likeness (QED) is 0.806. The van der Waals surface area contributed by atoms with Gasteiger partial charge in [0.25, 0.3) is 5.91 Å². The molecule has 27 heavy (non-hydrogen) atoms. The first kappa shape index (κ1) is 18.1. The third kappa shape index (κ3) is 3.86. The van der Waals surface area contributed by atoms with Crippen molar-refractivity contribution >= 4 is 17.5 Å². The monoisotopic (exact) mass is 375 g/mol. The summed E-state index contributed by atoms with van der Waals surface area (Å²) in [4.78, 5) is 26.7. The van der Waals surface area contributed by atoms with Gasteiger partial charge in [-0.2, -0.15) is 5.10 Å². The van der Waals surface area contributed by atoms with Crippen molar-refractivity contribution in [2.24, 2.45) is 5.10 Å². The van der Waals surface area contributed by atoms with E-state index in [-0.39, 0.29) is 30.6 Å². The predicted molar refractivity (Wildman–Crippen MR) is 94.1 cm³/mol. The lowest BCUT2D eigenvalue weighted by Gasteiger charge is -2.38. The molecule has 0 bridgehead atoms. The number of amides is 2. The molecule has 0 unspecified atom stereocenters. The summed E-state index contributed by atoms with van der Waals surface area (Å²) in [5.41, 5.74) is 1.15. The van der Waals surface area contributed by atoms with Gasteiger partial charge in [0.05, 0.1) is 19.8 Å². The number of piperidine rings is 1. The number of carbonyl (C=O) groups is 2. The highest BCUT2D eigenvalue weighted by Crippen LogP contribution is 2.31. The number of likely N-dealkylation sites (tertiary alicyclic amines) is 1. The van der Waals surface area contributed by atoms with E-state index in [1.54, 1.807) is 17.0 Å². The van der Waals surface area contributed by atoms with Crippen LogP contribution >= 0.6 is 0 Å². The first-order valence-corrected chi connectivity index (χ1v) is 9.24. The van der Waals surface area contributed by atoms with E-state index < -0.39 is 5.79 Å². The summed E-state index contributed by atoms with van der Waals surface area (Å²) in [5.74, 6) is -1.14. The Balaban J connectivity index is 1.42. The lowest BCUT2D eigenvalue weighted by atomic mass is 10.0. The molecule has 0 radical (unpaired) electrons. The van der Waals surface area contributed by atoms with Gasteiger partial charge in [0.1, 0.15) is 11.5 Å². The van der Waals surface area contributed by atoms with Crippen LogP contribution in [0.1, 0.15) is 31.2 Å². The van der Waals surface area contributed by atoms with Crippen LogP contribution in [0.2, 0.25) is 0 Å². The van der Waals surface area contributed by atoms with E-state index in [1.165, 1.54) is 17.1 Å². The summed E-state index contributed by atoms with van der Waals surface area (Å²) in [6.45, 7) is 2.51. The Labute approximate surface area is 156 Å². The smallest absolute Gasteiger partial charge is 0.270 e. The molecule has 2 fully saturated rings. The zero-order valence-corrected chi connectivity index (χ0v) is 15.0. The summed E-state index contributed by atoms with van der Waals surface area (Å²) < 4.78 is 24.4. The SMILES string of the molecule is O=C(C1=NN(Cc2ccc(F)cc2)C(=O)CC1)N1CCC2(CC1)OCCO2. The number of halogens is 1. The fourth-order valence-corrected chi connectivity index (χ4v) is 3.66. The van der Waals surface area contributed by atoms with E-state index in [0.717, 1.165) is 5.56 Å². The molecule has 2 saturated heterocycles. The minimum atomic E-state index is -0.532. The first-order chi connectivity index (χ1) is 13.0. The van der Waals surface area contributed by atoms with Crippen molar-refractivity contribution in [3.05, 3.63) is 35.6 Å². The molecule has 144 valence electrons. The number of benzene rings is 1. The highest BCUT2D eigenvalue weighted by Gasteiger charge is 2.41. The van der Waals surface area contributed by atoms with Crippen molar-refractivity contribution in [2.45, 2.75) is 38.0 Å². The second-order valence-electron chi connectivity index (χ2n) is 7.02. The third-order valence-corrected chi connectivity index (χ3v) is 5.22. The number of carbonyl (C=O) groups excluding carboxylic acids is 2. The Morgan fingerprint density at radius 3 is 2.44 bits per heavy atom. The molecular weight excluding hydrogens is 353 g/mol. The second-order valence-corrected chi connectivity index (χ2v) is 7.02. The predicted octanol–water partition coefficient (Wildman–Crippen LogP) is 1.67. The van der Waals surface area contributed by atoms with Crippen LogP contribution in [0.5, 0.6) is 0 Å². The summed E-state index contributed by atoms with van der Waals surface area (Å²) in [6.07, 6.45) is 1.87. The van der Waals surface area contributed by atoms with E-state index >= 15 is 0 Å². The molecule has 8 heteroatoms. The van der Waals surface area contributed by atoms with Gasteiger partial charge in [-0.1, -0.05) is 12.1 Å². The maximum absolute atomic E-state index is 13.0.